The van der Waals surface area contributed by atoms with Crippen molar-refractivity contribution in [3.8, 4) is 0 Å². The second-order valence-corrected chi connectivity index (χ2v) is 19.1. The Morgan fingerprint density at radius 1 is 0.902 bits per heavy atom. The van der Waals surface area contributed by atoms with Crippen LogP contribution in [0.3, 0.4) is 0 Å². The van der Waals surface area contributed by atoms with Crippen molar-refractivity contribution in [1.82, 2.24) is 4.90 Å². The first-order valence-corrected chi connectivity index (χ1v) is 22.8. The molecule has 4 rings (SSSR count). The normalized spacial score (nSPS) is 39.4. The molecule has 4 aliphatic rings. The topological polar surface area (TPSA) is 178 Å². The van der Waals surface area contributed by atoms with Gasteiger partial charge in [-0.05, 0) is 108 Å². The van der Waals surface area contributed by atoms with E-state index in [0.717, 1.165) is 12.0 Å². The third-order valence-electron chi connectivity index (χ3n) is 13.6. The van der Waals surface area contributed by atoms with Crippen molar-refractivity contribution in [2.45, 2.75) is 180 Å². The second kappa shape index (κ2) is 23.2. The Bertz CT molecular complexity index is 1570. The van der Waals surface area contributed by atoms with Crippen LogP contribution >= 0.6 is 0 Å². The lowest BCUT2D eigenvalue weighted by Gasteiger charge is -2.47. The molecule has 13 nitrogen and oxygen atoms in total. The Balaban J connectivity index is 1.79. The van der Waals surface area contributed by atoms with Crippen molar-refractivity contribution in [3.63, 3.8) is 0 Å². The number of amides is 1. The maximum atomic E-state index is 14.4. The number of aliphatic hydroxyl groups is 3. The molecule has 2 saturated heterocycles. The molecule has 0 radical (unpaired) electrons. The first-order chi connectivity index (χ1) is 28.8. The van der Waals surface area contributed by atoms with Gasteiger partial charge in [0.2, 0.25) is 5.79 Å². The molecule has 3 heterocycles. The van der Waals surface area contributed by atoms with E-state index in [0.29, 0.717) is 62.9 Å². The van der Waals surface area contributed by atoms with E-state index in [9.17, 15) is 34.5 Å². The zero-order valence-corrected chi connectivity index (χ0v) is 38.5. The highest BCUT2D eigenvalue weighted by atomic mass is 16.7. The molecule has 0 spiro atoms. The number of carbonyl (C=O) groups is 4. The number of cyclic esters (lactones) is 1. The third-order valence-corrected chi connectivity index (χ3v) is 13.6. The van der Waals surface area contributed by atoms with Gasteiger partial charge in [-0.25, -0.2) is 4.79 Å². The van der Waals surface area contributed by atoms with Gasteiger partial charge in [0.25, 0.3) is 11.7 Å². The number of Topliss-reactive ketones (excluding diaryl/α,β-unsaturated/α-hetero) is 2. The summed E-state index contributed by atoms with van der Waals surface area (Å²) in [6.07, 6.45) is 8.48. The first-order valence-electron chi connectivity index (χ1n) is 22.8. The molecule has 346 valence electrons. The lowest BCUT2D eigenvalue weighted by Crippen LogP contribution is -2.64. The highest BCUT2D eigenvalue weighted by Crippen LogP contribution is 2.39. The molecule has 0 aromatic heterocycles. The number of carbonyl (C=O) groups excluding carboxylic acids is 4. The van der Waals surface area contributed by atoms with E-state index in [1.54, 1.807) is 21.0 Å². The van der Waals surface area contributed by atoms with Crippen molar-refractivity contribution in [1.29, 1.82) is 0 Å². The fourth-order valence-corrected chi connectivity index (χ4v) is 9.86. The second-order valence-electron chi connectivity index (χ2n) is 19.1. The maximum Gasteiger partial charge on any atom is 0.329 e. The summed E-state index contributed by atoms with van der Waals surface area (Å²) in [6, 6.07) is -1.14. The molecule has 3 fully saturated rings. The molecule has 3 aliphatic heterocycles. The summed E-state index contributed by atoms with van der Waals surface area (Å²) < 4.78 is 30.0. The number of aliphatic hydroxyl groups excluding tert-OH is 2. The number of fused-ring (bicyclic) bond motifs is 3. The van der Waals surface area contributed by atoms with Crippen LogP contribution in [0.4, 0.5) is 0 Å². The van der Waals surface area contributed by atoms with Gasteiger partial charge >= 0.3 is 5.97 Å². The predicted octanol–water partition coefficient (Wildman–Crippen LogP) is 6.06. The number of ether oxygens (including phenoxy) is 5. The Hall–Kier alpha value is -2.78. The van der Waals surface area contributed by atoms with Gasteiger partial charge in [-0.1, -0.05) is 64.5 Å². The quantitative estimate of drug-likeness (QED) is 0.139. The van der Waals surface area contributed by atoms with E-state index >= 15 is 0 Å². The highest BCUT2D eigenvalue weighted by molar-refractivity contribution is 6.39. The van der Waals surface area contributed by atoms with Gasteiger partial charge in [-0.15, -0.1) is 0 Å². The zero-order valence-electron chi connectivity index (χ0n) is 38.5. The molecule has 14 atom stereocenters. The predicted molar refractivity (Wildman–Crippen MR) is 231 cm³/mol. The van der Waals surface area contributed by atoms with Crippen LogP contribution in [-0.2, 0) is 42.9 Å². The summed E-state index contributed by atoms with van der Waals surface area (Å²) >= 11 is 0. The number of nitrogens with zero attached hydrogens (tertiary/aromatic N) is 1. The van der Waals surface area contributed by atoms with Gasteiger partial charge in [-0.2, -0.15) is 0 Å². The molecule has 1 saturated carbocycles. The Kier molecular flexibility index (Phi) is 19.4. The monoisotopic (exact) mass is 860 g/mol. The van der Waals surface area contributed by atoms with Crippen LogP contribution in [0.1, 0.15) is 126 Å². The number of ketones is 2. The van der Waals surface area contributed by atoms with E-state index < -0.39 is 83.9 Å². The van der Waals surface area contributed by atoms with E-state index in [4.69, 9.17) is 23.7 Å². The number of rotatable bonds is 9. The van der Waals surface area contributed by atoms with Crippen LogP contribution in [0.25, 0.3) is 0 Å². The minimum Gasteiger partial charge on any atom is -0.456 e. The third kappa shape index (κ3) is 13.1. The van der Waals surface area contributed by atoms with Crippen LogP contribution in [0.15, 0.2) is 35.5 Å². The lowest BCUT2D eigenvalue weighted by atomic mass is 9.81. The lowest BCUT2D eigenvalue weighted by molar-refractivity contribution is -0.302. The highest BCUT2D eigenvalue weighted by Gasteiger charge is 2.56. The van der Waals surface area contributed by atoms with Crippen molar-refractivity contribution in [2.75, 3.05) is 27.9 Å². The average molecular weight is 860 g/mol. The zero-order chi connectivity index (χ0) is 45.2. The largest absolute Gasteiger partial charge is 0.456 e. The summed E-state index contributed by atoms with van der Waals surface area (Å²) in [5.41, 5.74) is 1.65. The average Bonchev–Trinajstić information content (AvgIpc) is 3.22. The van der Waals surface area contributed by atoms with Gasteiger partial charge in [0.05, 0.1) is 30.5 Å². The number of esters is 1. The van der Waals surface area contributed by atoms with Crippen LogP contribution in [0.2, 0.25) is 0 Å². The fourth-order valence-electron chi connectivity index (χ4n) is 9.86. The van der Waals surface area contributed by atoms with E-state index in [1.807, 2.05) is 32.1 Å². The molecule has 61 heavy (non-hydrogen) atoms. The first kappa shape index (κ1) is 50.9. The standard InChI is InChI=1S/C48H77NO12/c1-28(2)15-11-12-16-35-22-29(3)21-30(4)23-41(58-9)44-42(59-10)25-32(6)48(56,61-44)45(53)46(54)49-20-14-13-17-36(49)47(55)60-43(33(7)38(51)27-39(35)52)31(5)24-34-18-19-37(50)40(26-34)57-8/h11-12,22,24,28,30,32-38,40-44,50-51,56H,13-21,23,25-27H2,1-10H3/b12-11+,29-22+,31-24+/t30-,32+,33+,34-,35+,36-,37+,38-,40+,41-,42-,43+,44+,48+/m0/s1. The van der Waals surface area contributed by atoms with Gasteiger partial charge in [-0.3, -0.25) is 14.4 Å². The SMILES string of the molecule is CO[C@H]1C[C@@H](C)C/C(C)=C/[C@@H](C/C=C/CC(C)C)C(=O)C[C@H](O)[C@@H](C)[C@@H](/C(C)=C/[C@@H]2CC[C@@H](O)[C@H](OC)C2)OC(=O)[C@@H]2CCCCN2C(=O)C(=O)[C@]2(O)O[C@H]1[C@@H](OC)C[C@H]2C. The van der Waals surface area contributed by atoms with Gasteiger partial charge in [0, 0.05) is 52.0 Å². The van der Waals surface area contributed by atoms with Crippen molar-refractivity contribution in [2.24, 2.45) is 35.5 Å². The van der Waals surface area contributed by atoms with Gasteiger partial charge in [0.1, 0.15) is 24.0 Å². The molecule has 13 heteroatoms. The Morgan fingerprint density at radius 2 is 1.57 bits per heavy atom. The molecule has 0 unspecified atom stereocenters. The Labute approximate surface area is 364 Å². The molecular weight excluding hydrogens is 783 g/mol. The van der Waals surface area contributed by atoms with Gasteiger partial charge < -0.3 is 43.9 Å². The fraction of sp³-hybridized carbons (Fsp3) is 0.792. The van der Waals surface area contributed by atoms with Crippen LogP contribution in [-0.4, -0.2) is 126 Å². The van der Waals surface area contributed by atoms with Crippen LogP contribution in [0, 0.1) is 35.5 Å². The number of hydrogen-bond donors (Lipinski definition) is 3. The summed E-state index contributed by atoms with van der Waals surface area (Å²) in [4.78, 5) is 58.4. The van der Waals surface area contributed by atoms with Gasteiger partial charge in [0.15, 0.2) is 0 Å². The van der Waals surface area contributed by atoms with E-state index in [-0.39, 0.29) is 49.5 Å². The van der Waals surface area contributed by atoms with Crippen molar-refractivity contribution < 1.29 is 58.2 Å². The maximum absolute atomic E-state index is 14.4. The van der Waals surface area contributed by atoms with Crippen LogP contribution in [0.5, 0.6) is 0 Å². The minimum atomic E-state index is -2.51. The molecule has 1 amide bonds. The molecule has 0 aromatic rings. The molecule has 3 N–H and O–H groups in total. The van der Waals surface area contributed by atoms with E-state index in [2.05, 4.69) is 26.8 Å². The molecule has 2 bridgehead atoms. The summed E-state index contributed by atoms with van der Waals surface area (Å²) in [6.45, 7) is 13.6. The number of allylic oxidation sites excluding steroid dienone is 5. The van der Waals surface area contributed by atoms with Crippen molar-refractivity contribution in [3.05, 3.63) is 35.5 Å². The molecular formula is C48H77NO12. The number of piperidine rings is 1. The number of hydrogen-bond acceptors (Lipinski definition) is 12. The Morgan fingerprint density at radius 3 is 2.23 bits per heavy atom. The number of methoxy groups -OCH3 is 3. The summed E-state index contributed by atoms with van der Waals surface area (Å²) in [5, 5.41) is 34.5. The van der Waals surface area contributed by atoms with Crippen LogP contribution < -0.4 is 0 Å². The van der Waals surface area contributed by atoms with Crippen molar-refractivity contribution >= 4 is 23.4 Å². The molecule has 1 aliphatic carbocycles. The summed E-state index contributed by atoms with van der Waals surface area (Å²) in [5.74, 6) is -7.21. The summed E-state index contributed by atoms with van der Waals surface area (Å²) in [7, 11) is 4.64. The molecule has 0 aromatic carbocycles. The minimum absolute atomic E-state index is 0.0106. The smallest absolute Gasteiger partial charge is 0.329 e. The van der Waals surface area contributed by atoms with E-state index in [1.165, 1.54) is 19.1 Å².